The molecule has 3 aliphatic rings. The van der Waals surface area contributed by atoms with E-state index in [1.807, 2.05) is 0 Å². The molecular weight excluding hydrogens is 687 g/mol. The summed E-state index contributed by atoms with van der Waals surface area (Å²) in [7, 11) is 0. The number of para-hydroxylation sites is 2. The second-order valence-electron chi connectivity index (χ2n) is 17.6. The maximum Gasteiger partial charge on any atom is 0.252 e. The average molecular weight is 739 g/mol. The first-order chi connectivity index (χ1) is 27.8. The summed E-state index contributed by atoms with van der Waals surface area (Å²) in [6.07, 6.45) is 6.45. The summed E-state index contributed by atoms with van der Waals surface area (Å²) >= 11 is 0. The highest BCUT2D eigenvalue weighted by Crippen LogP contribution is 2.47. The van der Waals surface area contributed by atoms with Crippen LogP contribution >= 0.6 is 0 Å². The lowest BCUT2D eigenvalue weighted by Crippen LogP contribution is -2.61. The van der Waals surface area contributed by atoms with Crippen molar-refractivity contribution >= 4 is 57.2 Å². The molecule has 7 aromatic rings. The molecule has 0 bridgehead atoms. The van der Waals surface area contributed by atoms with Crippen LogP contribution in [-0.2, 0) is 10.8 Å². The van der Waals surface area contributed by atoms with Crippen molar-refractivity contribution in [3.63, 3.8) is 0 Å². The van der Waals surface area contributed by atoms with Gasteiger partial charge in [-0.05, 0) is 111 Å². The molecule has 7 aromatic carbocycles. The highest BCUT2D eigenvalue weighted by atomic mass is 15.2. The topological polar surface area (TPSA) is 6.48 Å². The molecule has 0 radical (unpaired) electrons. The van der Waals surface area contributed by atoms with Gasteiger partial charge in [-0.2, -0.15) is 0 Å². The number of hydrogen-bond donors (Lipinski definition) is 0. The van der Waals surface area contributed by atoms with E-state index in [9.17, 15) is 0 Å². The highest BCUT2D eigenvalue weighted by Gasteiger charge is 2.44. The van der Waals surface area contributed by atoms with Gasteiger partial charge >= 0.3 is 0 Å². The molecule has 0 N–H and O–H groups in total. The minimum atomic E-state index is -0.177. The van der Waals surface area contributed by atoms with E-state index >= 15 is 0 Å². The van der Waals surface area contributed by atoms with Crippen LogP contribution in [-0.4, -0.2) is 6.71 Å². The Balaban J connectivity index is 1.23. The van der Waals surface area contributed by atoms with Gasteiger partial charge in [0.25, 0.3) is 6.71 Å². The van der Waals surface area contributed by atoms with E-state index in [1.165, 1.54) is 110 Å². The maximum atomic E-state index is 2.60. The first kappa shape index (κ1) is 35.6. The molecule has 10 rings (SSSR count). The molecule has 1 saturated carbocycles. The summed E-state index contributed by atoms with van der Waals surface area (Å²) in [6.45, 7) is 9.52. The lowest BCUT2D eigenvalue weighted by Gasteiger charge is -2.45. The molecule has 0 unspecified atom stereocenters. The first-order valence-corrected chi connectivity index (χ1v) is 21.1. The molecule has 1 fully saturated rings. The molecule has 0 saturated heterocycles. The van der Waals surface area contributed by atoms with Crippen molar-refractivity contribution < 1.29 is 0 Å². The SMILES string of the molecule is CC(C)(c1ccccc1)c1ccc(N2c3ccc(C(C)(C)c4ccccc4)cc3B3c4ccccc4N(c4ccccc4)c4cc(C5CCCCC5)cc2c43)cc1. The summed E-state index contributed by atoms with van der Waals surface area (Å²) in [5.41, 5.74) is 18.2. The van der Waals surface area contributed by atoms with Crippen LogP contribution in [0.5, 0.6) is 0 Å². The van der Waals surface area contributed by atoms with Crippen molar-refractivity contribution in [3.8, 4) is 0 Å². The molecule has 280 valence electrons. The monoisotopic (exact) mass is 738 g/mol. The van der Waals surface area contributed by atoms with Gasteiger partial charge in [0.1, 0.15) is 0 Å². The van der Waals surface area contributed by atoms with Crippen LogP contribution in [0.4, 0.5) is 34.1 Å². The van der Waals surface area contributed by atoms with Gasteiger partial charge in [-0.3, -0.25) is 0 Å². The number of anilines is 6. The zero-order chi connectivity index (χ0) is 38.7. The highest BCUT2D eigenvalue weighted by molar-refractivity contribution is 7.00. The van der Waals surface area contributed by atoms with Crippen molar-refractivity contribution in [2.45, 2.75) is 76.5 Å². The fourth-order valence-electron chi connectivity index (χ4n) is 10.2. The van der Waals surface area contributed by atoms with E-state index in [0.717, 1.165) is 0 Å². The minimum absolute atomic E-state index is 0.0839. The molecule has 2 nitrogen and oxygen atoms in total. The molecule has 1 aliphatic carbocycles. The Morgan fingerprint density at radius 3 is 1.51 bits per heavy atom. The van der Waals surface area contributed by atoms with Crippen LogP contribution in [0.1, 0.15) is 93.5 Å². The predicted molar refractivity (Wildman–Crippen MR) is 243 cm³/mol. The molecule has 2 heterocycles. The molecular formula is C54H51BN2. The molecule has 2 aliphatic heterocycles. The Morgan fingerprint density at radius 2 is 0.895 bits per heavy atom. The van der Waals surface area contributed by atoms with Crippen molar-refractivity contribution in [2.24, 2.45) is 0 Å². The standard InChI is InChI=1S/C54H51BN2/c1-53(2,40-21-11-6-12-22-40)42-29-32-45(33-30-42)57-49-34-31-43(54(3,4)41-23-13-7-14-24-41)37-47(49)55-46-27-17-18-28-48(46)56(44-25-15-8-16-26-44)50-35-39(36-51(57)52(50)55)38-19-9-5-10-20-38/h6-8,11-18,21-38H,5,9-10,19-20H2,1-4H3. The van der Waals surface area contributed by atoms with Crippen molar-refractivity contribution in [1.29, 1.82) is 0 Å². The van der Waals surface area contributed by atoms with Crippen LogP contribution in [0.2, 0.25) is 0 Å². The smallest absolute Gasteiger partial charge is 0.252 e. The number of rotatable bonds is 7. The summed E-state index contributed by atoms with van der Waals surface area (Å²) in [6, 6.07) is 64.2. The van der Waals surface area contributed by atoms with Gasteiger partial charge in [0.05, 0.1) is 0 Å². The number of hydrogen-bond acceptors (Lipinski definition) is 2. The van der Waals surface area contributed by atoms with Gasteiger partial charge in [0.2, 0.25) is 0 Å². The van der Waals surface area contributed by atoms with Gasteiger partial charge in [-0.15, -0.1) is 0 Å². The fraction of sp³-hybridized carbons (Fsp3) is 0.222. The number of benzene rings is 7. The molecule has 0 amide bonds. The summed E-state index contributed by atoms with van der Waals surface area (Å²) in [5, 5.41) is 0. The summed E-state index contributed by atoms with van der Waals surface area (Å²) in [4.78, 5) is 5.16. The number of nitrogens with zero attached hydrogens (tertiary/aromatic N) is 2. The maximum absolute atomic E-state index is 2.60. The molecule has 57 heavy (non-hydrogen) atoms. The summed E-state index contributed by atoms with van der Waals surface area (Å²) < 4.78 is 0. The van der Waals surface area contributed by atoms with Gasteiger partial charge in [-0.1, -0.05) is 168 Å². The van der Waals surface area contributed by atoms with Gasteiger partial charge < -0.3 is 9.80 Å². The van der Waals surface area contributed by atoms with Gasteiger partial charge in [0.15, 0.2) is 0 Å². The third-order valence-electron chi connectivity index (χ3n) is 13.6. The largest absolute Gasteiger partial charge is 0.311 e. The second kappa shape index (κ2) is 14.0. The Morgan fingerprint density at radius 1 is 0.421 bits per heavy atom. The van der Waals surface area contributed by atoms with Crippen LogP contribution in [0, 0.1) is 0 Å². The Bertz CT molecular complexity index is 2550. The van der Waals surface area contributed by atoms with E-state index in [4.69, 9.17) is 0 Å². The van der Waals surface area contributed by atoms with Crippen molar-refractivity contribution in [1.82, 2.24) is 0 Å². The van der Waals surface area contributed by atoms with Crippen molar-refractivity contribution in [3.05, 3.63) is 198 Å². The van der Waals surface area contributed by atoms with Crippen LogP contribution in [0.3, 0.4) is 0 Å². The lowest BCUT2D eigenvalue weighted by atomic mass is 9.33. The molecule has 3 heteroatoms. The second-order valence-corrected chi connectivity index (χ2v) is 17.6. The molecule has 0 atom stereocenters. The minimum Gasteiger partial charge on any atom is -0.311 e. The zero-order valence-corrected chi connectivity index (χ0v) is 33.8. The number of fused-ring (bicyclic) bond motifs is 4. The first-order valence-electron chi connectivity index (χ1n) is 21.1. The molecule has 0 aromatic heterocycles. The van der Waals surface area contributed by atoms with E-state index in [1.54, 1.807) is 0 Å². The van der Waals surface area contributed by atoms with E-state index in [0.29, 0.717) is 5.92 Å². The average Bonchev–Trinajstić information content (AvgIpc) is 3.27. The van der Waals surface area contributed by atoms with E-state index < -0.39 is 0 Å². The Hall–Kier alpha value is -5.80. The van der Waals surface area contributed by atoms with Crippen molar-refractivity contribution in [2.75, 3.05) is 9.80 Å². The van der Waals surface area contributed by atoms with Crippen LogP contribution in [0.25, 0.3) is 0 Å². The van der Waals surface area contributed by atoms with E-state index in [2.05, 4.69) is 207 Å². The normalized spacial score (nSPS) is 15.2. The molecule has 0 spiro atoms. The van der Waals surface area contributed by atoms with Crippen LogP contribution < -0.4 is 26.2 Å². The quantitative estimate of drug-likeness (QED) is 0.150. The lowest BCUT2D eigenvalue weighted by molar-refractivity contribution is 0.444. The third-order valence-corrected chi connectivity index (χ3v) is 13.6. The fourth-order valence-corrected chi connectivity index (χ4v) is 10.2. The summed E-state index contributed by atoms with van der Waals surface area (Å²) in [5.74, 6) is 0.555. The van der Waals surface area contributed by atoms with E-state index in [-0.39, 0.29) is 17.5 Å². The Kier molecular flexibility index (Phi) is 8.74. The van der Waals surface area contributed by atoms with Gasteiger partial charge in [-0.25, -0.2) is 0 Å². The van der Waals surface area contributed by atoms with Crippen LogP contribution in [0.15, 0.2) is 170 Å². The van der Waals surface area contributed by atoms with Gasteiger partial charge in [0, 0.05) is 45.0 Å². The Labute approximate surface area is 339 Å². The zero-order valence-electron chi connectivity index (χ0n) is 33.8. The predicted octanol–water partition coefficient (Wildman–Crippen LogP) is 12.5. The third kappa shape index (κ3) is 5.93.